The standard InChI is InChI=1S/C22H18N2O3S/c1-27-14-8-6-13(7-9-14)12-24-19-15-4-2-3-5-17(15)28-21(19)18-16(25)10-11-23-22(26)20(18)24/h2-9H,10-12H2,1H3,(H,23,26). The molecule has 1 aliphatic heterocycles. The Morgan fingerprint density at radius 2 is 1.89 bits per heavy atom. The van der Waals surface area contributed by atoms with Crippen LogP contribution in [0.15, 0.2) is 48.5 Å². The van der Waals surface area contributed by atoms with Gasteiger partial charge in [-0.25, -0.2) is 0 Å². The first-order valence-electron chi connectivity index (χ1n) is 9.15. The Morgan fingerprint density at radius 3 is 2.68 bits per heavy atom. The molecule has 0 atom stereocenters. The minimum Gasteiger partial charge on any atom is -0.497 e. The van der Waals surface area contributed by atoms with E-state index in [1.54, 1.807) is 18.4 Å². The summed E-state index contributed by atoms with van der Waals surface area (Å²) in [5, 5.41) is 3.95. The van der Waals surface area contributed by atoms with E-state index in [9.17, 15) is 9.59 Å². The summed E-state index contributed by atoms with van der Waals surface area (Å²) in [6, 6.07) is 15.9. The Morgan fingerprint density at radius 1 is 1.11 bits per heavy atom. The van der Waals surface area contributed by atoms with E-state index < -0.39 is 0 Å². The molecule has 0 fully saturated rings. The van der Waals surface area contributed by atoms with Gasteiger partial charge in [-0.05, 0) is 23.8 Å². The molecule has 0 bridgehead atoms. The van der Waals surface area contributed by atoms with E-state index in [1.165, 1.54) is 0 Å². The minimum atomic E-state index is -0.179. The van der Waals surface area contributed by atoms with E-state index in [1.807, 2.05) is 41.0 Å². The van der Waals surface area contributed by atoms with Crippen molar-refractivity contribution in [3.05, 3.63) is 65.4 Å². The molecule has 0 saturated heterocycles. The fourth-order valence-corrected chi connectivity index (χ4v) is 5.16. The number of hydrogen-bond acceptors (Lipinski definition) is 4. The summed E-state index contributed by atoms with van der Waals surface area (Å²) in [5.74, 6) is 0.634. The van der Waals surface area contributed by atoms with Crippen molar-refractivity contribution < 1.29 is 14.3 Å². The lowest BCUT2D eigenvalue weighted by molar-refractivity contribution is 0.0948. The van der Waals surface area contributed by atoms with Gasteiger partial charge in [0.25, 0.3) is 5.91 Å². The van der Waals surface area contributed by atoms with E-state index in [0.717, 1.165) is 31.6 Å². The first-order chi connectivity index (χ1) is 13.7. The van der Waals surface area contributed by atoms with E-state index in [-0.39, 0.29) is 11.7 Å². The van der Waals surface area contributed by atoms with Crippen LogP contribution in [0.3, 0.4) is 0 Å². The molecule has 1 amide bonds. The first-order valence-corrected chi connectivity index (χ1v) is 9.97. The molecule has 5 rings (SSSR count). The molecule has 3 heterocycles. The second-order valence-corrected chi connectivity index (χ2v) is 7.92. The highest BCUT2D eigenvalue weighted by atomic mass is 32.1. The van der Waals surface area contributed by atoms with Crippen LogP contribution in [0.2, 0.25) is 0 Å². The SMILES string of the molecule is COc1ccc(Cn2c3c(c4sc5ccccc5c42)C(=O)CCNC3=O)cc1. The van der Waals surface area contributed by atoms with Gasteiger partial charge < -0.3 is 14.6 Å². The zero-order valence-electron chi connectivity index (χ0n) is 15.3. The molecule has 2 aromatic carbocycles. The Kier molecular flexibility index (Phi) is 3.94. The smallest absolute Gasteiger partial charge is 0.268 e. The number of nitrogens with zero attached hydrogens (tertiary/aromatic N) is 1. The zero-order chi connectivity index (χ0) is 19.3. The number of hydrogen-bond donors (Lipinski definition) is 1. The van der Waals surface area contributed by atoms with Crippen LogP contribution in [0.1, 0.15) is 32.8 Å². The van der Waals surface area contributed by atoms with Crippen LogP contribution >= 0.6 is 11.3 Å². The number of thiophene rings is 1. The number of nitrogens with one attached hydrogen (secondary N) is 1. The molecule has 0 aliphatic carbocycles. The van der Waals surface area contributed by atoms with Crippen LogP contribution < -0.4 is 10.1 Å². The number of amides is 1. The molecule has 4 aromatic rings. The lowest BCUT2D eigenvalue weighted by Gasteiger charge is -2.11. The number of aromatic nitrogens is 1. The van der Waals surface area contributed by atoms with E-state index in [4.69, 9.17) is 4.74 Å². The van der Waals surface area contributed by atoms with Gasteiger partial charge in [0.15, 0.2) is 5.78 Å². The number of Topliss-reactive ketones (excluding diaryl/α,β-unsaturated/α-hetero) is 1. The monoisotopic (exact) mass is 390 g/mol. The van der Waals surface area contributed by atoms with Crippen molar-refractivity contribution in [2.24, 2.45) is 0 Å². The van der Waals surface area contributed by atoms with Crippen LogP contribution in [-0.2, 0) is 6.54 Å². The highest BCUT2D eigenvalue weighted by molar-refractivity contribution is 7.26. The Labute approximate surface area is 165 Å². The van der Waals surface area contributed by atoms with Gasteiger partial charge >= 0.3 is 0 Å². The number of rotatable bonds is 3. The molecule has 140 valence electrons. The fourth-order valence-electron chi connectivity index (χ4n) is 3.89. The normalized spacial score (nSPS) is 14.2. The van der Waals surface area contributed by atoms with Gasteiger partial charge in [-0.15, -0.1) is 11.3 Å². The van der Waals surface area contributed by atoms with Crippen molar-refractivity contribution in [1.82, 2.24) is 9.88 Å². The summed E-state index contributed by atoms with van der Waals surface area (Å²) in [4.78, 5) is 25.7. The van der Waals surface area contributed by atoms with Gasteiger partial charge in [-0.1, -0.05) is 30.3 Å². The molecule has 2 aromatic heterocycles. The number of methoxy groups -OCH3 is 1. The van der Waals surface area contributed by atoms with Crippen molar-refractivity contribution in [2.45, 2.75) is 13.0 Å². The number of ether oxygens (including phenoxy) is 1. The number of carbonyl (C=O) groups excluding carboxylic acids is 2. The van der Waals surface area contributed by atoms with Gasteiger partial charge in [0.1, 0.15) is 11.4 Å². The average molecular weight is 390 g/mol. The van der Waals surface area contributed by atoms with Gasteiger partial charge in [0, 0.05) is 29.6 Å². The lowest BCUT2D eigenvalue weighted by atomic mass is 10.1. The maximum atomic E-state index is 12.9. The quantitative estimate of drug-likeness (QED) is 0.569. The number of carbonyl (C=O) groups is 2. The summed E-state index contributed by atoms with van der Waals surface area (Å²) in [5.41, 5.74) is 3.05. The maximum Gasteiger partial charge on any atom is 0.268 e. The Balaban J connectivity index is 1.80. The van der Waals surface area contributed by atoms with Crippen LogP contribution in [0.4, 0.5) is 0 Å². The van der Waals surface area contributed by atoms with Gasteiger partial charge in [0.2, 0.25) is 0 Å². The molecule has 0 unspecified atom stereocenters. The van der Waals surface area contributed by atoms with Crippen LogP contribution in [0.25, 0.3) is 20.3 Å². The second-order valence-electron chi connectivity index (χ2n) is 6.86. The predicted molar refractivity (Wildman–Crippen MR) is 111 cm³/mol. The summed E-state index contributed by atoms with van der Waals surface area (Å²) in [6.07, 6.45) is 0.328. The number of ketones is 1. The van der Waals surface area contributed by atoms with E-state index in [0.29, 0.717) is 30.8 Å². The van der Waals surface area contributed by atoms with Crippen molar-refractivity contribution in [2.75, 3.05) is 13.7 Å². The lowest BCUT2D eigenvalue weighted by Crippen LogP contribution is -2.25. The molecule has 1 N–H and O–H groups in total. The number of benzene rings is 2. The number of fused-ring (bicyclic) bond motifs is 5. The molecule has 6 heteroatoms. The van der Waals surface area contributed by atoms with Crippen molar-refractivity contribution in [1.29, 1.82) is 0 Å². The molecule has 0 radical (unpaired) electrons. The predicted octanol–water partition coefficient (Wildman–Crippen LogP) is 4.23. The Bertz CT molecular complexity index is 1230. The van der Waals surface area contributed by atoms with E-state index >= 15 is 0 Å². The fraction of sp³-hybridized carbons (Fsp3) is 0.182. The molecule has 1 aliphatic rings. The highest BCUT2D eigenvalue weighted by Crippen LogP contribution is 2.40. The molecule has 0 saturated carbocycles. The third kappa shape index (κ3) is 2.52. The van der Waals surface area contributed by atoms with Crippen LogP contribution in [0, 0.1) is 0 Å². The third-order valence-electron chi connectivity index (χ3n) is 5.20. The maximum absolute atomic E-state index is 12.9. The average Bonchev–Trinajstić information content (AvgIpc) is 3.18. The van der Waals surface area contributed by atoms with Crippen LogP contribution in [-0.4, -0.2) is 29.9 Å². The van der Waals surface area contributed by atoms with Gasteiger partial charge in [-0.3, -0.25) is 9.59 Å². The molecular weight excluding hydrogens is 372 g/mol. The van der Waals surface area contributed by atoms with Crippen molar-refractivity contribution in [3.63, 3.8) is 0 Å². The molecule has 5 nitrogen and oxygen atoms in total. The molecule has 28 heavy (non-hydrogen) atoms. The summed E-state index contributed by atoms with van der Waals surface area (Å²) < 4.78 is 9.28. The summed E-state index contributed by atoms with van der Waals surface area (Å²) >= 11 is 1.59. The van der Waals surface area contributed by atoms with Crippen molar-refractivity contribution in [3.8, 4) is 5.75 Å². The highest BCUT2D eigenvalue weighted by Gasteiger charge is 2.31. The first kappa shape index (κ1) is 17.0. The largest absolute Gasteiger partial charge is 0.497 e. The summed E-state index contributed by atoms with van der Waals surface area (Å²) in [7, 11) is 1.64. The second kappa shape index (κ2) is 6.49. The topological polar surface area (TPSA) is 60.3 Å². The van der Waals surface area contributed by atoms with Crippen molar-refractivity contribution >= 4 is 43.3 Å². The van der Waals surface area contributed by atoms with Crippen LogP contribution in [0.5, 0.6) is 5.75 Å². The zero-order valence-corrected chi connectivity index (χ0v) is 16.1. The molecular formula is C22H18N2O3S. The van der Waals surface area contributed by atoms with Gasteiger partial charge in [0.05, 0.1) is 22.9 Å². The van der Waals surface area contributed by atoms with Gasteiger partial charge in [-0.2, -0.15) is 0 Å². The molecule has 0 spiro atoms. The minimum absolute atomic E-state index is 0.0263. The van der Waals surface area contributed by atoms with E-state index in [2.05, 4.69) is 17.4 Å². The Hall–Kier alpha value is -3.12. The summed E-state index contributed by atoms with van der Waals surface area (Å²) in [6.45, 7) is 0.887. The third-order valence-corrected chi connectivity index (χ3v) is 6.38.